The Morgan fingerprint density at radius 3 is 1.44 bits per heavy atom. The van der Waals surface area contributed by atoms with E-state index < -0.39 is 17.4 Å². The first-order valence-corrected chi connectivity index (χ1v) is 4.84. The van der Waals surface area contributed by atoms with E-state index in [9.17, 15) is 19.8 Å². The predicted molar refractivity (Wildman–Crippen MR) is 49.0 cm³/mol. The molecule has 0 spiro atoms. The zero-order valence-corrected chi connectivity index (χ0v) is 11.1. The van der Waals surface area contributed by atoms with Gasteiger partial charge in [-0.3, -0.25) is 0 Å². The molecule has 96 valence electrons. The molecule has 6 nitrogen and oxygen atoms in total. The molecular formula is C9H16N2O4Pt. The summed E-state index contributed by atoms with van der Waals surface area (Å²) in [5.41, 5.74) is 8.45. The minimum atomic E-state index is -1.67. The summed E-state index contributed by atoms with van der Waals surface area (Å²) in [5.74, 6) is -3.03. The molecule has 4 N–H and O–H groups in total. The van der Waals surface area contributed by atoms with Crippen molar-refractivity contribution in [2.45, 2.75) is 25.7 Å². The molecule has 1 saturated carbocycles. The van der Waals surface area contributed by atoms with Crippen LogP contribution >= 0.6 is 0 Å². The Labute approximate surface area is 109 Å². The Hall–Kier alpha value is -0.452. The van der Waals surface area contributed by atoms with Gasteiger partial charge in [-0.2, -0.15) is 0 Å². The molecule has 0 amide bonds. The number of nitrogens with two attached hydrogens (primary N) is 2. The maximum Gasteiger partial charge on any atom is 2.00 e. The van der Waals surface area contributed by atoms with Crippen LogP contribution in [0.1, 0.15) is 25.7 Å². The fourth-order valence-electron chi connectivity index (χ4n) is 1.14. The zero-order valence-electron chi connectivity index (χ0n) is 8.85. The predicted octanol–water partition coefficient (Wildman–Crippen LogP) is -3.05. The third-order valence-corrected chi connectivity index (χ3v) is 2.40. The number of hydrogen-bond acceptors (Lipinski definition) is 6. The van der Waals surface area contributed by atoms with Crippen LogP contribution in [0.2, 0.25) is 0 Å². The molecule has 7 heteroatoms. The molecule has 0 bridgehead atoms. The average Bonchev–Trinajstić information content (AvgIpc) is 2.02. The molecular weight excluding hydrogens is 395 g/mol. The topological polar surface area (TPSA) is 132 Å². The molecule has 1 aliphatic rings. The number of carbonyl (C=O) groups excluding carboxylic acids is 2. The number of carboxylic acid groups (broad SMARTS) is 2. The number of carboxylic acids is 2. The molecule has 0 aliphatic heterocycles. The first-order chi connectivity index (χ1) is 7.01. The number of carbonyl (C=O) groups is 2. The second kappa shape index (κ2) is 8.67. The van der Waals surface area contributed by atoms with Gasteiger partial charge in [-0.15, -0.1) is 0 Å². The molecule has 0 heterocycles. The third-order valence-electron chi connectivity index (χ3n) is 2.40. The van der Waals surface area contributed by atoms with Crippen molar-refractivity contribution in [1.82, 2.24) is 0 Å². The smallest absolute Gasteiger partial charge is 0.549 e. The van der Waals surface area contributed by atoms with Gasteiger partial charge < -0.3 is 31.3 Å². The van der Waals surface area contributed by atoms with Crippen molar-refractivity contribution >= 4 is 11.9 Å². The van der Waals surface area contributed by atoms with E-state index in [2.05, 4.69) is 0 Å². The summed E-state index contributed by atoms with van der Waals surface area (Å²) in [6.45, 7) is 1.44. The SMILES string of the molecule is NCCCN.O=C([O-])C1(C(=O)[O-])CCC1.[Pt+2]. The number of aliphatic carboxylic acids is 2. The molecule has 1 rings (SSSR count). The van der Waals surface area contributed by atoms with E-state index >= 15 is 0 Å². The van der Waals surface area contributed by atoms with E-state index in [0.717, 1.165) is 19.5 Å². The molecule has 1 fully saturated rings. The Morgan fingerprint density at radius 2 is 1.44 bits per heavy atom. The van der Waals surface area contributed by atoms with Crippen LogP contribution in [-0.2, 0) is 30.7 Å². The van der Waals surface area contributed by atoms with Crippen molar-refractivity contribution in [3.8, 4) is 0 Å². The van der Waals surface area contributed by atoms with Crippen LogP contribution < -0.4 is 21.7 Å². The van der Waals surface area contributed by atoms with Gasteiger partial charge in [0.05, 0.1) is 11.9 Å². The van der Waals surface area contributed by atoms with Gasteiger partial charge >= 0.3 is 21.1 Å². The summed E-state index contributed by atoms with van der Waals surface area (Å²) in [5, 5.41) is 20.4. The van der Waals surface area contributed by atoms with Gasteiger partial charge in [0, 0.05) is 5.41 Å². The zero-order chi connectivity index (χ0) is 11.9. The molecule has 1 aliphatic carbocycles. The Balaban J connectivity index is 0. The van der Waals surface area contributed by atoms with Crippen LogP contribution in [0, 0.1) is 5.41 Å². The first kappa shape index (κ1) is 17.9. The molecule has 0 saturated heterocycles. The Bertz CT molecular complexity index is 214. The van der Waals surface area contributed by atoms with Crippen LogP contribution in [0.4, 0.5) is 0 Å². The maximum atomic E-state index is 10.2. The van der Waals surface area contributed by atoms with Crippen molar-refractivity contribution in [3.63, 3.8) is 0 Å². The minimum absolute atomic E-state index is 0. The van der Waals surface area contributed by atoms with E-state index in [1.54, 1.807) is 0 Å². The van der Waals surface area contributed by atoms with Gasteiger partial charge in [0.25, 0.3) is 0 Å². The largest absolute Gasteiger partial charge is 2.00 e. The van der Waals surface area contributed by atoms with E-state index in [0.29, 0.717) is 6.42 Å². The van der Waals surface area contributed by atoms with Gasteiger partial charge in [0.15, 0.2) is 0 Å². The van der Waals surface area contributed by atoms with Crippen molar-refractivity contribution in [3.05, 3.63) is 0 Å². The van der Waals surface area contributed by atoms with Crippen molar-refractivity contribution in [1.29, 1.82) is 0 Å². The molecule has 0 unspecified atom stereocenters. The molecule has 16 heavy (non-hydrogen) atoms. The summed E-state index contributed by atoms with van der Waals surface area (Å²) >= 11 is 0. The number of rotatable bonds is 4. The Morgan fingerprint density at radius 1 is 1.06 bits per heavy atom. The van der Waals surface area contributed by atoms with Gasteiger partial charge in [0.1, 0.15) is 0 Å². The van der Waals surface area contributed by atoms with E-state index in [-0.39, 0.29) is 33.9 Å². The summed E-state index contributed by atoms with van der Waals surface area (Å²) in [6, 6.07) is 0. The van der Waals surface area contributed by atoms with Crippen molar-refractivity contribution in [2.24, 2.45) is 16.9 Å². The fourth-order valence-corrected chi connectivity index (χ4v) is 1.14. The third kappa shape index (κ3) is 4.59. The first-order valence-electron chi connectivity index (χ1n) is 4.84. The second-order valence-electron chi connectivity index (χ2n) is 3.44. The van der Waals surface area contributed by atoms with Crippen LogP contribution in [0.3, 0.4) is 0 Å². The quantitative estimate of drug-likeness (QED) is 0.473. The standard InChI is InChI=1S/C6H8O4.C3H10N2.Pt/c7-4(8)6(5(9)10)2-1-3-6;4-2-1-3-5;/h1-3H2,(H,7,8)(H,9,10);1-5H2;/q;;+2/p-2. The molecule has 0 aromatic heterocycles. The molecule has 0 aromatic carbocycles. The summed E-state index contributed by atoms with van der Waals surface area (Å²) in [4.78, 5) is 20.4. The maximum absolute atomic E-state index is 10.2. The summed E-state index contributed by atoms with van der Waals surface area (Å²) in [7, 11) is 0. The molecule has 0 aromatic rings. The summed E-state index contributed by atoms with van der Waals surface area (Å²) < 4.78 is 0. The van der Waals surface area contributed by atoms with Crippen LogP contribution in [0.5, 0.6) is 0 Å². The average molecular weight is 411 g/mol. The molecule has 0 radical (unpaired) electrons. The van der Waals surface area contributed by atoms with Gasteiger partial charge in [0.2, 0.25) is 0 Å². The monoisotopic (exact) mass is 411 g/mol. The van der Waals surface area contributed by atoms with E-state index in [1.807, 2.05) is 0 Å². The van der Waals surface area contributed by atoms with Gasteiger partial charge in [-0.1, -0.05) is 6.42 Å². The summed E-state index contributed by atoms with van der Waals surface area (Å²) in [6.07, 6.45) is 1.87. The van der Waals surface area contributed by atoms with Crippen molar-refractivity contribution in [2.75, 3.05) is 13.1 Å². The van der Waals surface area contributed by atoms with Crippen molar-refractivity contribution < 1.29 is 40.9 Å². The van der Waals surface area contributed by atoms with E-state index in [4.69, 9.17) is 11.5 Å². The van der Waals surface area contributed by atoms with Crippen LogP contribution in [0.15, 0.2) is 0 Å². The molecule has 0 atom stereocenters. The minimum Gasteiger partial charge on any atom is -0.549 e. The Kier molecular flexibility index (Phi) is 9.72. The van der Waals surface area contributed by atoms with Crippen LogP contribution in [0.25, 0.3) is 0 Å². The van der Waals surface area contributed by atoms with Crippen LogP contribution in [-0.4, -0.2) is 25.0 Å². The normalized spacial score (nSPS) is 15.9. The van der Waals surface area contributed by atoms with E-state index in [1.165, 1.54) is 0 Å². The number of hydrogen-bond donors (Lipinski definition) is 2. The van der Waals surface area contributed by atoms with Gasteiger partial charge in [-0.05, 0) is 32.4 Å². The second-order valence-corrected chi connectivity index (χ2v) is 3.44. The fraction of sp³-hybridized carbons (Fsp3) is 0.778. The van der Waals surface area contributed by atoms with Gasteiger partial charge in [-0.25, -0.2) is 0 Å².